The molecule has 2 rings (SSSR count). The molecule has 1 radical (unpaired) electrons. The Morgan fingerprint density at radius 1 is 0.938 bits per heavy atom. The van der Waals surface area contributed by atoms with Gasteiger partial charge in [0.15, 0.2) is 5.75 Å². The Morgan fingerprint density at radius 3 is 2.25 bits per heavy atom. The van der Waals surface area contributed by atoms with E-state index in [4.69, 9.17) is 0 Å². The number of hydrogen-bond donors (Lipinski definition) is 0. The first kappa shape index (κ1) is 10.4. The molecule has 0 N–H and O–H groups in total. The van der Waals surface area contributed by atoms with E-state index >= 15 is 0 Å². The summed E-state index contributed by atoms with van der Waals surface area (Å²) in [7, 11) is 0. The summed E-state index contributed by atoms with van der Waals surface area (Å²) in [6.45, 7) is 1.85. The van der Waals surface area contributed by atoms with Crippen molar-refractivity contribution in [1.82, 2.24) is 0 Å². The Kier molecular flexibility index (Phi) is 3.01. The van der Waals surface area contributed by atoms with Gasteiger partial charge in [-0.05, 0) is 31.2 Å². The van der Waals surface area contributed by atoms with E-state index in [2.05, 4.69) is 4.99 Å². The lowest BCUT2D eigenvalue weighted by atomic mass is 10.1. The van der Waals surface area contributed by atoms with Crippen LogP contribution in [-0.4, -0.2) is 5.71 Å². The first-order valence-electron chi connectivity index (χ1n) is 5.14. The lowest BCUT2D eigenvalue weighted by molar-refractivity contribution is 0.354. The van der Waals surface area contributed by atoms with Gasteiger partial charge in [0.2, 0.25) is 0 Å². The molecular formula is C14H12NO. The lowest BCUT2D eigenvalue weighted by Crippen LogP contribution is -1.93. The van der Waals surface area contributed by atoms with Gasteiger partial charge in [0, 0.05) is 11.3 Å². The molecule has 2 aromatic carbocycles. The molecule has 0 saturated heterocycles. The van der Waals surface area contributed by atoms with E-state index in [0.29, 0.717) is 5.56 Å². The van der Waals surface area contributed by atoms with E-state index in [1.54, 1.807) is 18.2 Å². The van der Waals surface area contributed by atoms with Crippen LogP contribution in [-0.2, 0) is 5.11 Å². The Balaban J connectivity index is 2.36. The second-order valence-electron chi connectivity index (χ2n) is 3.53. The first-order chi connectivity index (χ1) is 7.77. The van der Waals surface area contributed by atoms with Crippen molar-refractivity contribution in [2.75, 3.05) is 0 Å². The van der Waals surface area contributed by atoms with Crippen LogP contribution in [0.4, 0.5) is 5.69 Å². The smallest absolute Gasteiger partial charge is 0.187 e. The molecule has 79 valence electrons. The fraction of sp³-hybridized carbons (Fsp3) is 0.0714. The zero-order valence-electron chi connectivity index (χ0n) is 9.05. The summed E-state index contributed by atoms with van der Waals surface area (Å²) in [4.78, 5) is 4.41. The minimum atomic E-state index is 0.0136. The van der Waals surface area contributed by atoms with Gasteiger partial charge in [-0.2, -0.15) is 0 Å². The Labute approximate surface area is 94.9 Å². The van der Waals surface area contributed by atoms with Crippen molar-refractivity contribution in [3.63, 3.8) is 0 Å². The number of aliphatic imine (C=N–C) groups is 1. The summed E-state index contributed by atoms with van der Waals surface area (Å²) in [5.74, 6) is 0.0136. The van der Waals surface area contributed by atoms with Crippen LogP contribution in [0.1, 0.15) is 12.5 Å². The van der Waals surface area contributed by atoms with Gasteiger partial charge in [-0.25, -0.2) is 0 Å². The molecule has 0 heterocycles. The van der Waals surface area contributed by atoms with E-state index in [1.165, 1.54) is 0 Å². The summed E-state index contributed by atoms with van der Waals surface area (Å²) in [5.41, 5.74) is 2.27. The van der Waals surface area contributed by atoms with Crippen LogP contribution >= 0.6 is 0 Å². The van der Waals surface area contributed by atoms with E-state index in [9.17, 15) is 5.11 Å². The fourth-order valence-corrected chi connectivity index (χ4v) is 1.52. The Hall–Kier alpha value is -2.09. The third kappa shape index (κ3) is 2.28. The van der Waals surface area contributed by atoms with Crippen LogP contribution in [0.15, 0.2) is 59.6 Å². The molecular weight excluding hydrogens is 198 g/mol. The van der Waals surface area contributed by atoms with Crippen molar-refractivity contribution in [2.45, 2.75) is 6.92 Å². The van der Waals surface area contributed by atoms with Gasteiger partial charge in [-0.15, -0.1) is 0 Å². The van der Waals surface area contributed by atoms with Crippen molar-refractivity contribution in [3.05, 3.63) is 60.2 Å². The average molecular weight is 210 g/mol. The molecule has 0 fully saturated rings. The third-order valence-electron chi connectivity index (χ3n) is 2.33. The molecule has 0 bridgehead atoms. The Bertz CT molecular complexity index is 503. The highest BCUT2D eigenvalue weighted by atomic mass is 16.3. The minimum absolute atomic E-state index is 0.0136. The average Bonchev–Trinajstić information content (AvgIpc) is 2.31. The van der Waals surface area contributed by atoms with Crippen molar-refractivity contribution >= 4 is 11.4 Å². The monoisotopic (exact) mass is 210 g/mol. The van der Waals surface area contributed by atoms with Gasteiger partial charge in [0.05, 0.1) is 5.69 Å². The second kappa shape index (κ2) is 4.62. The van der Waals surface area contributed by atoms with Crippen molar-refractivity contribution in [3.8, 4) is 5.75 Å². The van der Waals surface area contributed by atoms with Gasteiger partial charge < -0.3 is 0 Å². The number of rotatable bonds is 2. The van der Waals surface area contributed by atoms with E-state index in [1.807, 2.05) is 43.3 Å². The van der Waals surface area contributed by atoms with Crippen LogP contribution in [0, 0.1) is 0 Å². The van der Waals surface area contributed by atoms with Crippen molar-refractivity contribution in [1.29, 1.82) is 0 Å². The molecule has 2 nitrogen and oxygen atoms in total. The summed E-state index contributed by atoms with van der Waals surface area (Å²) >= 11 is 0. The minimum Gasteiger partial charge on any atom is -0.289 e. The molecule has 16 heavy (non-hydrogen) atoms. The normalized spacial score (nSPS) is 11.4. The summed E-state index contributed by atoms with van der Waals surface area (Å²) < 4.78 is 0. The molecule has 0 aliphatic heterocycles. The van der Waals surface area contributed by atoms with Gasteiger partial charge in [0.25, 0.3) is 0 Å². The SMILES string of the molecule is CC(=Nc1ccccc1)c1ccccc1[O]. The van der Waals surface area contributed by atoms with Crippen molar-refractivity contribution in [2.24, 2.45) is 4.99 Å². The third-order valence-corrected chi connectivity index (χ3v) is 2.33. The molecule has 0 unspecified atom stereocenters. The van der Waals surface area contributed by atoms with Gasteiger partial charge in [0.1, 0.15) is 0 Å². The quantitative estimate of drug-likeness (QED) is 0.672. The van der Waals surface area contributed by atoms with Crippen LogP contribution in [0.5, 0.6) is 5.75 Å². The molecule has 0 spiro atoms. The molecule has 0 amide bonds. The van der Waals surface area contributed by atoms with Gasteiger partial charge in [-0.1, -0.05) is 30.3 Å². The van der Waals surface area contributed by atoms with Crippen LogP contribution in [0.2, 0.25) is 0 Å². The molecule has 0 aliphatic rings. The number of nitrogens with zero attached hydrogens (tertiary/aromatic N) is 1. The molecule has 2 aromatic rings. The maximum atomic E-state index is 11.6. The largest absolute Gasteiger partial charge is 0.289 e. The predicted molar refractivity (Wildman–Crippen MR) is 64.9 cm³/mol. The fourth-order valence-electron chi connectivity index (χ4n) is 1.52. The zero-order chi connectivity index (χ0) is 11.4. The molecule has 0 aromatic heterocycles. The molecule has 2 heteroatoms. The summed E-state index contributed by atoms with van der Waals surface area (Å²) in [6.07, 6.45) is 0. The maximum Gasteiger partial charge on any atom is 0.187 e. The zero-order valence-corrected chi connectivity index (χ0v) is 9.05. The number of hydrogen-bond acceptors (Lipinski definition) is 1. The molecule has 0 aliphatic carbocycles. The predicted octanol–water partition coefficient (Wildman–Crippen LogP) is 3.97. The van der Waals surface area contributed by atoms with E-state index in [-0.39, 0.29) is 5.75 Å². The molecule has 0 atom stereocenters. The van der Waals surface area contributed by atoms with Crippen LogP contribution in [0.25, 0.3) is 0 Å². The highest BCUT2D eigenvalue weighted by Crippen LogP contribution is 2.20. The molecule has 0 saturated carbocycles. The first-order valence-corrected chi connectivity index (χ1v) is 5.14. The topological polar surface area (TPSA) is 32.3 Å². The summed E-state index contributed by atoms with van der Waals surface area (Å²) in [6, 6.07) is 16.6. The second-order valence-corrected chi connectivity index (χ2v) is 3.53. The van der Waals surface area contributed by atoms with E-state index in [0.717, 1.165) is 11.4 Å². The number of benzene rings is 2. The van der Waals surface area contributed by atoms with E-state index < -0.39 is 0 Å². The van der Waals surface area contributed by atoms with Crippen LogP contribution < -0.4 is 0 Å². The lowest BCUT2D eigenvalue weighted by Gasteiger charge is -2.01. The number of para-hydroxylation sites is 2. The van der Waals surface area contributed by atoms with Crippen molar-refractivity contribution < 1.29 is 5.11 Å². The standard InChI is InChI=1S/C14H12NO/c1-11(13-9-5-6-10-14(13)16)15-12-7-3-2-4-8-12/h2-10H,1H3. The van der Waals surface area contributed by atoms with Crippen LogP contribution in [0.3, 0.4) is 0 Å². The highest BCUT2D eigenvalue weighted by Gasteiger charge is 2.04. The summed E-state index contributed by atoms with van der Waals surface area (Å²) in [5, 5.41) is 11.6. The maximum absolute atomic E-state index is 11.6. The highest BCUT2D eigenvalue weighted by molar-refractivity contribution is 6.02. The Morgan fingerprint density at radius 2 is 1.56 bits per heavy atom. The van der Waals surface area contributed by atoms with Gasteiger partial charge >= 0.3 is 0 Å². The van der Waals surface area contributed by atoms with Gasteiger partial charge in [-0.3, -0.25) is 10.1 Å².